The molecule has 0 bridgehead atoms. The van der Waals surface area contributed by atoms with Crippen LogP contribution in [0.2, 0.25) is 0 Å². The zero-order valence-corrected chi connectivity index (χ0v) is 16.0. The van der Waals surface area contributed by atoms with Gasteiger partial charge in [0.25, 0.3) is 0 Å². The first-order valence-electron chi connectivity index (χ1n) is 9.81. The summed E-state index contributed by atoms with van der Waals surface area (Å²) >= 11 is 0. The van der Waals surface area contributed by atoms with Crippen molar-refractivity contribution < 1.29 is 18.3 Å². The predicted octanol–water partition coefficient (Wildman–Crippen LogP) is 2.67. The summed E-state index contributed by atoms with van der Waals surface area (Å²) in [4.78, 5) is 6.94. The molecule has 0 amide bonds. The number of piperidine rings is 1. The minimum Gasteiger partial charge on any atom is -0.396 e. The molecule has 1 N–H and O–H groups in total. The number of aliphatic hydroxyl groups is 1. The average molecular weight is 385 g/mol. The van der Waals surface area contributed by atoms with Gasteiger partial charge in [-0.05, 0) is 51.0 Å². The van der Waals surface area contributed by atoms with E-state index in [-0.39, 0.29) is 12.6 Å². The number of rotatable bonds is 5. The molecule has 1 aromatic rings. The first-order valence-corrected chi connectivity index (χ1v) is 9.81. The smallest absolute Gasteiger partial charge is 0.396 e. The van der Waals surface area contributed by atoms with Crippen LogP contribution < -0.4 is 0 Å². The van der Waals surface area contributed by atoms with E-state index in [1.54, 1.807) is 12.1 Å². The third kappa shape index (κ3) is 5.22. The summed E-state index contributed by atoms with van der Waals surface area (Å²) < 4.78 is 39.8. The summed E-state index contributed by atoms with van der Waals surface area (Å²) in [7, 11) is 2.14. The van der Waals surface area contributed by atoms with Gasteiger partial charge in [-0.25, -0.2) is 0 Å². The van der Waals surface area contributed by atoms with Crippen molar-refractivity contribution in [1.82, 2.24) is 14.7 Å². The Morgan fingerprint density at radius 2 is 1.78 bits per heavy atom. The van der Waals surface area contributed by atoms with Gasteiger partial charge in [0.05, 0.1) is 5.56 Å². The summed E-state index contributed by atoms with van der Waals surface area (Å²) in [6.07, 6.45) is -1.41. The lowest BCUT2D eigenvalue weighted by Crippen LogP contribution is -2.58. The van der Waals surface area contributed by atoms with Crippen LogP contribution in [0.1, 0.15) is 30.4 Å². The second kappa shape index (κ2) is 8.90. The van der Waals surface area contributed by atoms with Gasteiger partial charge in [-0.2, -0.15) is 13.2 Å². The SMILES string of the molecule is CN1CCC(N2CCN(Cc3ccccc3C(F)(F)F)CC2CCO)CC1. The van der Waals surface area contributed by atoms with Crippen LogP contribution in [0.4, 0.5) is 13.2 Å². The molecule has 27 heavy (non-hydrogen) atoms. The fourth-order valence-corrected chi connectivity index (χ4v) is 4.47. The fraction of sp³-hybridized carbons (Fsp3) is 0.700. The zero-order valence-electron chi connectivity index (χ0n) is 16.0. The van der Waals surface area contributed by atoms with Crippen LogP contribution >= 0.6 is 0 Å². The number of hydrogen-bond acceptors (Lipinski definition) is 4. The van der Waals surface area contributed by atoms with Gasteiger partial charge < -0.3 is 10.0 Å². The van der Waals surface area contributed by atoms with E-state index in [2.05, 4.69) is 21.7 Å². The van der Waals surface area contributed by atoms with E-state index in [4.69, 9.17) is 0 Å². The largest absolute Gasteiger partial charge is 0.416 e. The highest BCUT2D eigenvalue weighted by molar-refractivity contribution is 5.29. The zero-order chi connectivity index (χ0) is 19.4. The standard InChI is InChI=1S/C20H30F3N3O/c1-24-9-6-17(7-10-24)26-12-11-25(15-18(26)8-13-27)14-16-4-2-3-5-19(16)20(21,22)23/h2-5,17-18,27H,6-15H2,1H3. The molecule has 0 aliphatic carbocycles. The second-order valence-corrected chi connectivity index (χ2v) is 7.83. The number of halogens is 3. The van der Waals surface area contributed by atoms with E-state index < -0.39 is 11.7 Å². The first kappa shape index (κ1) is 20.6. The maximum absolute atomic E-state index is 13.3. The Bertz CT molecular complexity index is 602. The molecule has 3 rings (SSSR count). The number of piperazine rings is 1. The van der Waals surface area contributed by atoms with Crippen molar-refractivity contribution >= 4 is 0 Å². The van der Waals surface area contributed by atoms with Gasteiger partial charge in [-0.3, -0.25) is 9.80 Å². The van der Waals surface area contributed by atoms with Gasteiger partial charge in [0.1, 0.15) is 0 Å². The Balaban J connectivity index is 1.67. The van der Waals surface area contributed by atoms with E-state index >= 15 is 0 Å². The van der Waals surface area contributed by atoms with Crippen LogP contribution in [0, 0.1) is 0 Å². The molecule has 1 aromatic carbocycles. The third-order valence-corrected chi connectivity index (χ3v) is 5.95. The van der Waals surface area contributed by atoms with Gasteiger partial charge in [0, 0.05) is 44.9 Å². The van der Waals surface area contributed by atoms with Gasteiger partial charge in [-0.15, -0.1) is 0 Å². The molecule has 4 nitrogen and oxygen atoms in total. The molecule has 2 aliphatic rings. The second-order valence-electron chi connectivity index (χ2n) is 7.83. The summed E-state index contributed by atoms with van der Waals surface area (Å²) in [5.74, 6) is 0. The van der Waals surface area contributed by atoms with E-state index in [1.807, 2.05) is 0 Å². The van der Waals surface area contributed by atoms with Gasteiger partial charge in [-0.1, -0.05) is 18.2 Å². The highest BCUT2D eigenvalue weighted by Gasteiger charge is 2.36. The normalized spacial score (nSPS) is 24.4. The number of benzene rings is 1. The van der Waals surface area contributed by atoms with Crippen molar-refractivity contribution in [2.75, 3.05) is 46.4 Å². The Morgan fingerprint density at radius 1 is 1.07 bits per heavy atom. The molecule has 0 radical (unpaired) electrons. The molecule has 1 atom stereocenters. The highest BCUT2D eigenvalue weighted by atomic mass is 19.4. The molecule has 2 heterocycles. The first-order chi connectivity index (χ1) is 12.9. The maximum Gasteiger partial charge on any atom is 0.416 e. The van der Waals surface area contributed by atoms with Crippen LogP contribution in [0.15, 0.2) is 24.3 Å². The van der Waals surface area contributed by atoms with E-state index in [0.29, 0.717) is 31.1 Å². The van der Waals surface area contributed by atoms with Crippen molar-refractivity contribution in [1.29, 1.82) is 0 Å². The quantitative estimate of drug-likeness (QED) is 0.844. The van der Waals surface area contributed by atoms with Crippen LogP contribution in [0.25, 0.3) is 0 Å². The molecular weight excluding hydrogens is 355 g/mol. The lowest BCUT2D eigenvalue weighted by atomic mass is 9.97. The third-order valence-electron chi connectivity index (χ3n) is 5.95. The summed E-state index contributed by atoms with van der Waals surface area (Å²) in [5, 5.41) is 9.50. The van der Waals surface area contributed by atoms with Crippen LogP contribution in [-0.4, -0.2) is 78.3 Å². The van der Waals surface area contributed by atoms with Crippen LogP contribution in [0.5, 0.6) is 0 Å². The van der Waals surface area contributed by atoms with E-state index in [9.17, 15) is 18.3 Å². The Kier molecular flexibility index (Phi) is 6.78. The highest BCUT2D eigenvalue weighted by Crippen LogP contribution is 2.33. The molecule has 0 aromatic heterocycles. The Hall–Kier alpha value is -1.15. The van der Waals surface area contributed by atoms with Gasteiger partial charge in [0.2, 0.25) is 0 Å². The molecule has 0 saturated carbocycles. The van der Waals surface area contributed by atoms with E-state index in [0.717, 1.165) is 45.1 Å². The maximum atomic E-state index is 13.3. The van der Waals surface area contributed by atoms with Crippen molar-refractivity contribution in [3.8, 4) is 0 Å². The van der Waals surface area contributed by atoms with Crippen molar-refractivity contribution in [2.24, 2.45) is 0 Å². The predicted molar refractivity (Wildman–Crippen MR) is 99.4 cm³/mol. The number of alkyl halides is 3. The lowest BCUT2D eigenvalue weighted by Gasteiger charge is -2.47. The van der Waals surface area contributed by atoms with Crippen molar-refractivity contribution in [3.05, 3.63) is 35.4 Å². The van der Waals surface area contributed by atoms with Crippen molar-refractivity contribution in [2.45, 2.75) is 44.1 Å². The van der Waals surface area contributed by atoms with Crippen molar-refractivity contribution in [3.63, 3.8) is 0 Å². The summed E-state index contributed by atoms with van der Waals surface area (Å²) in [6, 6.07) is 6.57. The molecule has 0 spiro atoms. The number of nitrogens with zero attached hydrogens (tertiary/aromatic N) is 3. The minimum atomic E-state index is -4.32. The molecule has 152 valence electrons. The molecular formula is C20H30F3N3O. The Morgan fingerprint density at radius 3 is 2.44 bits per heavy atom. The molecule has 7 heteroatoms. The van der Waals surface area contributed by atoms with Gasteiger partial charge >= 0.3 is 6.18 Å². The number of likely N-dealkylation sites (tertiary alicyclic amines) is 1. The Labute approximate surface area is 159 Å². The summed E-state index contributed by atoms with van der Waals surface area (Å²) in [5.41, 5.74) is -0.207. The molecule has 2 saturated heterocycles. The fourth-order valence-electron chi connectivity index (χ4n) is 4.47. The number of aliphatic hydroxyl groups excluding tert-OH is 1. The molecule has 1 unspecified atom stereocenters. The van der Waals surface area contributed by atoms with E-state index in [1.165, 1.54) is 6.07 Å². The van der Waals surface area contributed by atoms with Crippen LogP contribution in [0.3, 0.4) is 0 Å². The van der Waals surface area contributed by atoms with Gasteiger partial charge in [0.15, 0.2) is 0 Å². The topological polar surface area (TPSA) is 30.0 Å². The summed E-state index contributed by atoms with van der Waals surface area (Å²) in [6.45, 7) is 4.90. The minimum absolute atomic E-state index is 0.112. The lowest BCUT2D eigenvalue weighted by molar-refractivity contribution is -0.138. The molecule has 2 fully saturated rings. The monoisotopic (exact) mass is 385 g/mol. The molecule has 2 aliphatic heterocycles. The van der Waals surface area contributed by atoms with Crippen LogP contribution in [-0.2, 0) is 12.7 Å². The number of hydrogen-bond donors (Lipinski definition) is 1. The average Bonchev–Trinajstić information content (AvgIpc) is 2.63.